The smallest absolute Gasteiger partial charge is 0.251 e. The first-order chi connectivity index (χ1) is 16.4. The van der Waals surface area contributed by atoms with E-state index in [-0.39, 0.29) is 18.6 Å². The van der Waals surface area contributed by atoms with E-state index < -0.39 is 6.04 Å². The summed E-state index contributed by atoms with van der Waals surface area (Å²) in [5, 5.41) is 2.96. The molecule has 1 atom stereocenters. The second-order valence-electron chi connectivity index (χ2n) is 8.47. The van der Waals surface area contributed by atoms with Crippen molar-refractivity contribution in [2.24, 2.45) is 0 Å². The minimum absolute atomic E-state index is 0.193. The predicted molar refractivity (Wildman–Crippen MR) is 133 cm³/mol. The van der Waals surface area contributed by atoms with Gasteiger partial charge in [0, 0.05) is 18.8 Å². The van der Waals surface area contributed by atoms with Crippen LogP contribution in [0.2, 0.25) is 0 Å². The van der Waals surface area contributed by atoms with E-state index in [1.807, 2.05) is 66.7 Å². The minimum Gasteiger partial charge on any atom is -0.454 e. The minimum atomic E-state index is -0.792. The van der Waals surface area contributed by atoms with Crippen molar-refractivity contribution >= 4 is 23.6 Å². The molecule has 0 aliphatic carbocycles. The Bertz CT molecular complexity index is 1190. The highest BCUT2D eigenvalue weighted by atomic mass is 16.7. The van der Waals surface area contributed by atoms with Crippen LogP contribution in [0.25, 0.3) is 6.08 Å². The van der Waals surface area contributed by atoms with Gasteiger partial charge in [-0.3, -0.25) is 9.59 Å². The number of nitrogens with one attached hydrogen (secondary N) is 1. The Morgan fingerprint density at radius 3 is 2.32 bits per heavy atom. The van der Waals surface area contributed by atoms with Gasteiger partial charge in [0.1, 0.15) is 6.04 Å². The molecule has 0 bridgehead atoms. The molecule has 1 aliphatic rings. The average Bonchev–Trinajstić information content (AvgIpc) is 3.31. The van der Waals surface area contributed by atoms with Crippen molar-refractivity contribution in [1.29, 1.82) is 0 Å². The molecule has 0 saturated heterocycles. The van der Waals surface area contributed by atoms with Crippen molar-refractivity contribution in [3.8, 4) is 11.5 Å². The van der Waals surface area contributed by atoms with Crippen LogP contribution >= 0.6 is 0 Å². The van der Waals surface area contributed by atoms with Gasteiger partial charge in [-0.25, -0.2) is 0 Å². The number of likely N-dealkylation sites (N-methyl/N-ethyl adjacent to an activating group) is 1. The lowest BCUT2D eigenvalue weighted by Crippen LogP contribution is -2.37. The van der Waals surface area contributed by atoms with E-state index in [4.69, 9.17) is 9.47 Å². The van der Waals surface area contributed by atoms with Crippen molar-refractivity contribution in [1.82, 2.24) is 4.90 Å². The topological polar surface area (TPSA) is 67.9 Å². The molecule has 1 aliphatic heterocycles. The van der Waals surface area contributed by atoms with Gasteiger partial charge < -0.3 is 19.7 Å². The Labute approximate surface area is 199 Å². The first-order valence-corrected chi connectivity index (χ1v) is 11.2. The number of hydrogen-bond acceptors (Lipinski definition) is 4. The van der Waals surface area contributed by atoms with Crippen LogP contribution < -0.4 is 14.8 Å². The molecule has 1 heterocycles. The highest BCUT2D eigenvalue weighted by Gasteiger charge is 2.28. The van der Waals surface area contributed by atoms with Crippen LogP contribution in [0.1, 0.15) is 42.5 Å². The van der Waals surface area contributed by atoms with E-state index in [2.05, 4.69) is 19.2 Å². The van der Waals surface area contributed by atoms with Crippen molar-refractivity contribution in [2.45, 2.75) is 25.8 Å². The fourth-order valence-electron chi connectivity index (χ4n) is 3.78. The van der Waals surface area contributed by atoms with Crippen molar-refractivity contribution in [3.05, 3.63) is 95.6 Å². The monoisotopic (exact) mass is 456 g/mol. The van der Waals surface area contributed by atoms with E-state index in [1.165, 1.54) is 16.5 Å². The van der Waals surface area contributed by atoms with Crippen molar-refractivity contribution in [3.63, 3.8) is 0 Å². The van der Waals surface area contributed by atoms with Crippen molar-refractivity contribution < 1.29 is 19.1 Å². The summed E-state index contributed by atoms with van der Waals surface area (Å²) in [5.74, 6) is 1.16. The lowest BCUT2D eigenvalue weighted by molar-refractivity contribution is -0.133. The molecule has 4 rings (SSSR count). The van der Waals surface area contributed by atoms with E-state index in [0.717, 1.165) is 11.1 Å². The number of nitrogens with zero attached hydrogens (tertiary/aromatic N) is 1. The molecule has 1 N–H and O–H groups in total. The lowest BCUT2D eigenvalue weighted by Gasteiger charge is -2.27. The third kappa shape index (κ3) is 5.29. The number of benzene rings is 3. The number of amides is 2. The molecular weight excluding hydrogens is 428 g/mol. The van der Waals surface area contributed by atoms with Gasteiger partial charge >= 0.3 is 0 Å². The summed E-state index contributed by atoms with van der Waals surface area (Å²) in [4.78, 5) is 27.8. The summed E-state index contributed by atoms with van der Waals surface area (Å²) >= 11 is 0. The largest absolute Gasteiger partial charge is 0.454 e. The van der Waals surface area contributed by atoms with Gasteiger partial charge in [-0.1, -0.05) is 62.4 Å². The Kier molecular flexibility index (Phi) is 6.97. The molecule has 0 unspecified atom stereocenters. The molecule has 0 aromatic heterocycles. The summed E-state index contributed by atoms with van der Waals surface area (Å²) in [7, 11) is 1.63. The first-order valence-electron chi connectivity index (χ1n) is 11.2. The third-order valence-corrected chi connectivity index (χ3v) is 5.76. The Morgan fingerprint density at radius 2 is 1.62 bits per heavy atom. The SMILES string of the molecule is CC(C)c1ccc(NC(=O)[C@@H](c2ccccc2)N(C)C(=O)/C=C/c2ccc3c(c2)OCO3)cc1. The maximum atomic E-state index is 13.3. The molecule has 3 aromatic rings. The Balaban J connectivity index is 1.52. The van der Waals surface area contributed by atoms with Crippen LogP contribution in [0.4, 0.5) is 5.69 Å². The zero-order valence-electron chi connectivity index (χ0n) is 19.5. The van der Waals surface area contributed by atoms with Gasteiger partial charge in [0.25, 0.3) is 5.91 Å². The quantitative estimate of drug-likeness (QED) is 0.484. The van der Waals surface area contributed by atoms with Crippen LogP contribution in [0.3, 0.4) is 0 Å². The predicted octanol–water partition coefficient (Wildman–Crippen LogP) is 5.39. The normalized spacial score (nSPS) is 13.2. The van der Waals surface area contributed by atoms with E-state index in [0.29, 0.717) is 23.1 Å². The number of rotatable bonds is 7. The molecule has 174 valence electrons. The molecule has 34 heavy (non-hydrogen) atoms. The zero-order valence-corrected chi connectivity index (χ0v) is 19.5. The number of fused-ring (bicyclic) bond motifs is 1. The summed E-state index contributed by atoms with van der Waals surface area (Å²) in [6.07, 6.45) is 3.16. The van der Waals surface area contributed by atoms with Gasteiger partial charge in [0.15, 0.2) is 11.5 Å². The van der Waals surface area contributed by atoms with Crippen LogP contribution in [-0.4, -0.2) is 30.6 Å². The van der Waals surface area contributed by atoms with Crippen LogP contribution in [0, 0.1) is 0 Å². The average molecular weight is 457 g/mol. The summed E-state index contributed by atoms with van der Waals surface area (Å²) < 4.78 is 10.7. The van der Waals surface area contributed by atoms with Gasteiger partial charge in [0.05, 0.1) is 0 Å². The fraction of sp³-hybridized carbons (Fsp3) is 0.214. The van der Waals surface area contributed by atoms with E-state index in [9.17, 15) is 9.59 Å². The lowest BCUT2D eigenvalue weighted by atomic mass is 10.0. The molecule has 3 aromatic carbocycles. The summed E-state index contributed by atoms with van der Waals surface area (Å²) in [6, 6.07) is 21.7. The number of carbonyl (C=O) groups is 2. The highest BCUT2D eigenvalue weighted by molar-refractivity contribution is 6.00. The number of ether oxygens (including phenoxy) is 2. The summed E-state index contributed by atoms with van der Waals surface area (Å²) in [6.45, 7) is 4.44. The standard InChI is InChI=1S/C28H28N2O4/c1-19(2)21-11-13-23(14-12-21)29-28(32)27(22-7-5-4-6-8-22)30(3)26(31)16-10-20-9-15-24-25(17-20)34-18-33-24/h4-17,19,27H,18H2,1-3H3,(H,29,32)/b16-10+/t27-/m1/s1. The summed E-state index contributed by atoms with van der Waals surface area (Å²) in [5.41, 5.74) is 3.41. The maximum absolute atomic E-state index is 13.3. The maximum Gasteiger partial charge on any atom is 0.251 e. The van der Waals surface area contributed by atoms with Gasteiger partial charge in [-0.05, 0) is 52.9 Å². The highest BCUT2D eigenvalue weighted by Crippen LogP contribution is 2.33. The third-order valence-electron chi connectivity index (χ3n) is 5.76. The van der Waals surface area contributed by atoms with Gasteiger partial charge in [0.2, 0.25) is 12.7 Å². The second-order valence-corrected chi connectivity index (χ2v) is 8.47. The molecule has 0 radical (unpaired) electrons. The van der Waals surface area contributed by atoms with Crippen LogP contribution in [0.5, 0.6) is 11.5 Å². The number of anilines is 1. The van der Waals surface area contributed by atoms with E-state index in [1.54, 1.807) is 19.2 Å². The molecule has 0 spiro atoms. The fourth-order valence-corrected chi connectivity index (χ4v) is 3.78. The zero-order chi connectivity index (χ0) is 24.1. The molecule has 6 nitrogen and oxygen atoms in total. The van der Waals surface area contributed by atoms with E-state index >= 15 is 0 Å². The Hall–Kier alpha value is -4.06. The Morgan fingerprint density at radius 1 is 0.912 bits per heavy atom. The second kappa shape index (κ2) is 10.3. The van der Waals surface area contributed by atoms with Crippen molar-refractivity contribution in [2.75, 3.05) is 19.2 Å². The van der Waals surface area contributed by atoms with Gasteiger partial charge in [-0.2, -0.15) is 0 Å². The number of carbonyl (C=O) groups excluding carboxylic acids is 2. The number of hydrogen-bond donors (Lipinski definition) is 1. The van der Waals surface area contributed by atoms with Crippen LogP contribution in [-0.2, 0) is 9.59 Å². The van der Waals surface area contributed by atoms with Crippen LogP contribution in [0.15, 0.2) is 78.9 Å². The molecule has 6 heteroatoms. The molecule has 0 fully saturated rings. The molecule has 0 saturated carbocycles. The first kappa shape index (κ1) is 23.1. The molecule has 2 amide bonds. The van der Waals surface area contributed by atoms with Gasteiger partial charge in [-0.15, -0.1) is 0 Å². The molecular formula is C28H28N2O4.